The van der Waals surface area contributed by atoms with Gasteiger partial charge >= 0.3 is 6.03 Å². The summed E-state index contributed by atoms with van der Waals surface area (Å²) >= 11 is 0. The number of rotatable bonds is 3. The van der Waals surface area contributed by atoms with Crippen molar-refractivity contribution in [2.24, 2.45) is 0 Å². The molecule has 2 fully saturated rings. The highest BCUT2D eigenvalue weighted by molar-refractivity contribution is 6.07. The lowest BCUT2D eigenvalue weighted by Crippen LogP contribution is -2.56. The fourth-order valence-electron chi connectivity index (χ4n) is 4.35. The van der Waals surface area contributed by atoms with Crippen molar-refractivity contribution >= 4 is 11.9 Å². The van der Waals surface area contributed by atoms with Crippen LogP contribution in [-0.4, -0.2) is 63.2 Å². The number of hydrogen-bond acceptors (Lipinski definition) is 5. The second-order valence-corrected chi connectivity index (χ2v) is 7.19. The molecule has 2 N–H and O–H groups in total. The Hall–Kier alpha value is -1.93. The van der Waals surface area contributed by atoms with Crippen LogP contribution in [-0.2, 0) is 24.4 Å². The van der Waals surface area contributed by atoms with Crippen molar-refractivity contribution in [3.63, 3.8) is 0 Å². The van der Waals surface area contributed by atoms with Gasteiger partial charge in [0.15, 0.2) is 0 Å². The van der Waals surface area contributed by atoms with E-state index in [-0.39, 0.29) is 11.9 Å². The van der Waals surface area contributed by atoms with E-state index in [1.807, 2.05) is 6.92 Å². The predicted molar refractivity (Wildman–Crippen MR) is 91.7 cm³/mol. The number of fused-ring (bicyclic) bond motifs is 1. The van der Waals surface area contributed by atoms with Gasteiger partial charge in [0.25, 0.3) is 5.91 Å². The molecule has 4 heterocycles. The van der Waals surface area contributed by atoms with Gasteiger partial charge in [0.1, 0.15) is 5.54 Å². The van der Waals surface area contributed by atoms with E-state index in [2.05, 4.69) is 26.3 Å². The highest BCUT2D eigenvalue weighted by Gasteiger charge is 2.53. The molecule has 0 unspecified atom stereocenters. The van der Waals surface area contributed by atoms with Crippen molar-refractivity contribution in [1.29, 1.82) is 0 Å². The molecule has 3 amide bonds. The zero-order chi connectivity index (χ0) is 17.4. The van der Waals surface area contributed by atoms with Crippen molar-refractivity contribution in [1.82, 2.24) is 30.2 Å². The molecular weight excluding hydrogens is 320 g/mol. The molecule has 3 aliphatic heterocycles. The van der Waals surface area contributed by atoms with E-state index in [9.17, 15) is 9.59 Å². The van der Waals surface area contributed by atoms with Crippen molar-refractivity contribution in [2.45, 2.75) is 51.4 Å². The lowest BCUT2D eigenvalue weighted by atomic mass is 9.86. The number of likely N-dealkylation sites (N-methyl/N-ethyl adjacent to an activating group) is 1. The molecule has 0 aliphatic carbocycles. The summed E-state index contributed by atoms with van der Waals surface area (Å²) in [4.78, 5) is 28.4. The number of aryl methyl sites for hydroxylation is 1. The normalized spacial score (nSPS) is 23.6. The van der Waals surface area contributed by atoms with E-state index in [0.29, 0.717) is 19.4 Å². The zero-order valence-electron chi connectivity index (χ0n) is 14.8. The Kier molecular flexibility index (Phi) is 4.24. The summed E-state index contributed by atoms with van der Waals surface area (Å²) < 4.78 is 2.11. The topological polar surface area (TPSA) is 82.5 Å². The number of urea groups is 1. The van der Waals surface area contributed by atoms with Crippen LogP contribution < -0.4 is 10.6 Å². The Morgan fingerprint density at radius 2 is 2.04 bits per heavy atom. The van der Waals surface area contributed by atoms with Gasteiger partial charge in [-0.3, -0.25) is 19.7 Å². The van der Waals surface area contributed by atoms with Crippen molar-refractivity contribution in [2.75, 3.05) is 26.2 Å². The van der Waals surface area contributed by atoms with Crippen LogP contribution in [0.5, 0.6) is 0 Å². The summed E-state index contributed by atoms with van der Waals surface area (Å²) in [6, 6.07) is 1.94. The Morgan fingerprint density at radius 1 is 1.24 bits per heavy atom. The van der Waals surface area contributed by atoms with Gasteiger partial charge in [-0.1, -0.05) is 0 Å². The Labute approximate surface area is 147 Å². The number of likely N-dealkylation sites (tertiary alicyclic amines) is 1. The van der Waals surface area contributed by atoms with Gasteiger partial charge in [0, 0.05) is 39.3 Å². The van der Waals surface area contributed by atoms with Gasteiger partial charge < -0.3 is 10.2 Å². The quantitative estimate of drug-likeness (QED) is 0.769. The molecule has 0 aromatic carbocycles. The van der Waals surface area contributed by atoms with Gasteiger partial charge in [0.05, 0.1) is 11.4 Å². The van der Waals surface area contributed by atoms with Crippen molar-refractivity contribution < 1.29 is 9.59 Å². The van der Waals surface area contributed by atoms with Gasteiger partial charge in [-0.15, -0.1) is 0 Å². The number of nitrogens with one attached hydrogen (secondary N) is 2. The molecule has 1 aromatic rings. The lowest BCUT2D eigenvalue weighted by molar-refractivity contribution is -0.129. The third-order valence-electron chi connectivity index (χ3n) is 5.73. The minimum absolute atomic E-state index is 0.126. The third-order valence-corrected chi connectivity index (χ3v) is 5.73. The minimum atomic E-state index is -0.641. The molecule has 0 atom stereocenters. The van der Waals surface area contributed by atoms with Crippen LogP contribution >= 0.6 is 0 Å². The number of aromatic nitrogens is 2. The predicted octanol–water partition coefficient (Wildman–Crippen LogP) is 0.283. The minimum Gasteiger partial charge on any atom is -0.311 e. The first-order valence-electron chi connectivity index (χ1n) is 9.24. The first kappa shape index (κ1) is 16.5. The highest BCUT2D eigenvalue weighted by atomic mass is 16.2. The number of hydrogen-bond donors (Lipinski definition) is 2. The second kappa shape index (κ2) is 6.42. The molecule has 0 saturated carbocycles. The Bertz CT molecular complexity index is 653. The molecule has 8 heteroatoms. The molecule has 3 aliphatic rings. The standard InChI is InChI=1S/C17H26N6O2/c1-2-22-16(25)19-15(24)17(22)4-8-21(9-5-17)12-13-10-14-11-18-6-3-7-23(14)20-13/h10,18H,2-9,11-12H2,1H3,(H,19,24,25). The number of imide groups is 1. The van der Waals surface area contributed by atoms with E-state index in [1.165, 1.54) is 5.69 Å². The fraction of sp³-hybridized carbons (Fsp3) is 0.706. The summed E-state index contributed by atoms with van der Waals surface area (Å²) in [5, 5.41) is 10.6. The van der Waals surface area contributed by atoms with E-state index in [0.717, 1.165) is 51.4 Å². The van der Waals surface area contributed by atoms with Gasteiger partial charge in [0.2, 0.25) is 0 Å². The van der Waals surface area contributed by atoms with E-state index >= 15 is 0 Å². The van der Waals surface area contributed by atoms with Crippen LogP contribution in [0.15, 0.2) is 6.07 Å². The summed E-state index contributed by atoms with van der Waals surface area (Å²) in [6.07, 6.45) is 2.48. The average Bonchev–Trinajstić information content (AvgIpc) is 2.98. The summed E-state index contributed by atoms with van der Waals surface area (Å²) in [7, 11) is 0. The van der Waals surface area contributed by atoms with Crippen LogP contribution in [0.25, 0.3) is 0 Å². The SMILES string of the molecule is CCN1C(=O)NC(=O)C12CCN(Cc1cc3n(n1)CCCNC3)CC2. The number of piperidine rings is 1. The van der Waals surface area contributed by atoms with Gasteiger partial charge in [-0.25, -0.2) is 4.79 Å². The highest BCUT2D eigenvalue weighted by Crippen LogP contribution is 2.33. The summed E-state index contributed by atoms with van der Waals surface area (Å²) in [5.74, 6) is -0.126. The molecule has 136 valence electrons. The van der Waals surface area contributed by atoms with Crippen molar-refractivity contribution in [3.05, 3.63) is 17.5 Å². The van der Waals surface area contributed by atoms with E-state index < -0.39 is 5.54 Å². The molecule has 2 saturated heterocycles. The van der Waals surface area contributed by atoms with Crippen LogP contribution in [0.2, 0.25) is 0 Å². The maximum atomic E-state index is 12.3. The maximum absolute atomic E-state index is 12.3. The van der Waals surface area contributed by atoms with Gasteiger partial charge in [-0.05, 0) is 38.8 Å². The molecule has 0 bridgehead atoms. The average molecular weight is 346 g/mol. The Balaban J connectivity index is 1.41. The number of nitrogens with zero attached hydrogens (tertiary/aromatic N) is 4. The number of amides is 3. The molecular formula is C17H26N6O2. The zero-order valence-corrected chi connectivity index (χ0v) is 14.8. The first-order chi connectivity index (χ1) is 12.1. The molecule has 4 rings (SSSR count). The first-order valence-corrected chi connectivity index (χ1v) is 9.24. The summed E-state index contributed by atoms with van der Waals surface area (Å²) in [6.45, 7) is 7.80. The molecule has 1 aromatic heterocycles. The largest absolute Gasteiger partial charge is 0.325 e. The van der Waals surface area contributed by atoms with Crippen molar-refractivity contribution in [3.8, 4) is 0 Å². The van der Waals surface area contributed by atoms with Crippen LogP contribution in [0.1, 0.15) is 37.6 Å². The maximum Gasteiger partial charge on any atom is 0.325 e. The Morgan fingerprint density at radius 3 is 2.80 bits per heavy atom. The second-order valence-electron chi connectivity index (χ2n) is 7.19. The molecule has 1 spiro atoms. The lowest BCUT2D eigenvalue weighted by Gasteiger charge is -2.41. The molecule has 8 nitrogen and oxygen atoms in total. The number of carbonyl (C=O) groups is 2. The fourth-order valence-corrected chi connectivity index (χ4v) is 4.35. The van der Waals surface area contributed by atoms with Crippen LogP contribution in [0.4, 0.5) is 4.79 Å². The molecule has 25 heavy (non-hydrogen) atoms. The smallest absolute Gasteiger partial charge is 0.311 e. The summed E-state index contributed by atoms with van der Waals surface area (Å²) in [5.41, 5.74) is 1.70. The van der Waals surface area contributed by atoms with E-state index in [4.69, 9.17) is 5.10 Å². The number of carbonyl (C=O) groups excluding carboxylic acids is 2. The molecule has 0 radical (unpaired) electrons. The third kappa shape index (κ3) is 2.83. The monoisotopic (exact) mass is 346 g/mol. The van der Waals surface area contributed by atoms with Gasteiger partial charge in [-0.2, -0.15) is 5.10 Å². The van der Waals surface area contributed by atoms with E-state index in [1.54, 1.807) is 4.90 Å². The van der Waals surface area contributed by atoms with Crippen LogP contribution in [0, 0.1) is 0 Å². The van der Waals surface area contributed by atoms with Crippen LogP contribution in [0.3, 0.4) is 0 Å².